The molecule has 31 heavy (non-hydrogen) atoms. The van der Waals surface area contributed by atoms with Crippen molar-refractivity contribution in [3.63, 3.8) is 0 Å². The number of benzene rings is 1. The highest BCUT2D eigenvalue weighted by atomic mass is 32.1. The summed E-state index contributed by atoms with van der Waals surface area (Å²) in [5, 5.41) is 16.0. The van der Waals surface area contributed by atoms with E-state index in [-0.39, 0.29) is 49.5 Å². The van der Waals surface area contributed by atoms with Crippen molar-refractivity contribution in [2.45, 2.75) is 56.7 Å². The first-order valence-corrected chi connectivity index (χ1v) is 11.5. The third-order valence-corrected chi connectivity index (χ3v) is 6.52. The number of hydrogen-bond donors (Lipinski definition) is 2. The molecule has 2 aliphatic rings. The van der Waals surface area contributed by atoms with Gasteiger partial charge in [0.15, 0.2) is 0 Å². The Morgan fingerprint density at radius 2 is 2.19 bits per heavy atom. The number of aromatic nitrogens is 1. The topological polar surface area (TPSA) is 83.9 Å². The molecular weight excluding hydrogens is 421 g/mol. The van der Waals surface area contributed by atoms with Gasteiger partial charge in [0, 0.05) is 36.3 Å². The molecule has 0 saturated carbocycles. The van der Waals surface area contributed by atoms with E-state index in [1.807, 2.05) is 5.38 Å². The van der Waals surface area contributed by atoms with Crippen LogP contribution in [0.4, 0.5) is 4.39 Å². The summed E-state index contributed by atoms with van der Waals surface area (Å²) < 4.78 is 25.7. The molecule has 1 aromatic carbocycles. The van der Waals surface area contributed by atoms with E-state index < -0.39 is 6.10 Å². The van der Waals surface area contributed by atoms with E-state index in [1.165, 1.54) is 6.07 Å². The Labute approximate surface area is 185 Å². The molecule has 1 amide bonds. The molecule has 1 aromatic heterocycles. The summed E-state index contributed by atoms with van der Waals surface area (Å²) in [6.07, 6.45) is 2.65. The largest absolute Gasteiger partial charge is 0.389 e. The quantitative estimate of drug-likeness (QED) is 0.703. The Bertz CT molecular complexity index is 853. The molecule has 7 nitrogen and oxygen atoms in total. The number of ether oxygens (including phenoxy) is 2. The summed E-state index contributed by atoms with van der Waals surface area (Å²) in [5.41, 5.74) is 0.463. The van der Waals surface area contributed by atoms with Gasteiger partial charge in [-0.25, -0.2) is 9.37 Å². The number of thiazole rings is 1. The second kappa shape index (κ2) is 10.6. The van der Waals surface area contributed by atoms with Crippen molar-refractivity contribution in [1.82, 2.24) is 15.2 Å². The molecule has 2 aliphatic heterocycles. The first-order valence-electron chi connectivity index (χ1n) is 10.6. The number of nitrogens with one attached hydrogen (secondary N) is 1. The Hall–Kier alpha value is -1.91. The van der Waals surface area contributed by atoms with Gasteiger partial charge in [-0.15, -0.1) is 11.3 Å². The van der Waals surface area contributed by atoms with Crippen molar-refractivity contribution in [2.75, 3.05) is 19.8 Å². The molecule has 3 heterocycles. The van der Waals surface area contributed by atoms with Gasteiger partial charge < -0.3 is 19.9 Å². The van der Waals surface area contributed by atoms with Gasteiger partial charge in [-0.05, 0) is 18.9 Å². The highest BCUT2D eigenvalue weighted by molar-refractivity contribution is 7.09. The molecule has 4 rings (SSSR count). The predicted molar refractivity (Wildman–Crippen MR) is 114 cm³/mol. The lowest BCUT2D eigenvalue weighted by molar-refractivity contribution is -0.158. The molecule has 0 unspecified atom stereocenters. The minimum absolute atomic E-state index is 0.0941. The molecule has 0 bridgehead atoms. The fourth-order valence-corrected chi connectivity index (χ4v) is 4.89. The van der Waals surface area contributed by atoms with Gasteiger partial charge in [-0.1, -0.05) is 18.2 Å². The minimum atomic E-state index is -0.553. The van der Waals surface area contributed by atoms with Gasteiger partial charge in [0.05, 0.1) is 44.5 Å². The van der Waals surface area contributed by atoms with E-state index in [2.05, 4.69) is 15.2 Å². The molecule has 9 heteroatoms. The summed E-state index contributed by atoms with van der Waals surface area (Å²) in [6, 6.07) is 6.51. The average Bonchev–Trinajstić information content (AvgIpc) is 3.25. The zero-order valence-corrected chi connectivity index (χ0v) is 18.1. The Balaban J connectivity index is 1.33. The molecular formula is C22H28FN3O4S. The van der Waals surface area contributed by atoms with Gasteiger partial charge in [-0.2, -0.15) is 0 Å². The van der Waals surface area contributed by atoms with Gasteiger partial charge in [0.1, 0.15) is 10.8 Å². The summed E-state index contributed by atoms with van der Waals surface area (Å²) in [5.74, 6) is -0.484. The Kier molecular flexibility index (Phi) is 7.62. The zero-order chi connectivity index (χ0) is 21.6. The van der Waals surface area contributed by atoms with Gasteiger partial charge in [0.25, 0.3) is 0 Å². The number of β-amino-alcohol motifs (C(OH)–C–C–N with tert-alkyl or cyclic N) is 1. The summed E-state index contributed by atoms with van der Waals surface area (Å²) in [4.78, 5) is 19.0. The van der Waals surface area contributed by atoms with Crippen LogP contribution in [0.2, 0.25) is 0 Å². The van der Waals surface area contributed by atoms with E-state index in [9.17, 15) is 14.3 Å². The minimum Gasteiger partial charge on any atom is -0.389 e. The highest BCUT2D eigenvalue weighted by Gasteiger charge is 2.38. The van der Waals surface area contributed by atoms with Crippen LogP contribution in [0.15, 0.2) is 35.8 Å². The maximum Gasteiger partial charge on any atom is 0.222 e. The van der Waals surface area contributed by atoms with Crippen LogP contribution in [-0.2, 0) is 27.4 Å². The third kappa shape index (κ3) is 6.08. The summed E-state index contributed by atoms with van der Waals surface area (Å²) in [6.45, 7) is 1.95. The van der Waals surface area contributed by atoms with Crippen LogP contribution in [0.25, 0.3) is 0 Å². The monoisotopic (exact) mass is 449 g/mol. The van der Waals surface area contributed by atoms with Crippen LogP contribution in [0.1, 0.15) is 29.8 Å². The van der Waals surface area contributed by atoms with Gasteiger partial charge >= 0.3 is 0 Å². The average molecular weight is 450 g/mol. The smallest absolute Gasteiger partial charge is 0.222 e. The number of hydrogen-bond acceptors (Lipinski definition) is 7. The van der Waals surface area contributed by atoms with Crippen molar-refractivity contribution < 1.29 is 23.8 Å². The second-order valence-corrected chi connectivity index (χ2v) is 9.04. The van der Waals surface area contributed by atoms with E-state index in [0.717, 1.165) is 17.8 Å². The van der Waals surface area contributed by atoms with E-state index in [0.29, 0.717) is 25.3 Å². The Morgan fingerprint density at radius 1 is 1.32 bits per heavy atom. The Morgan fingerprint density at radius 3 is 3.00 bits per heavy atom. The summed E-state index contributed by atoms with van der Waals surface area (Å²) >= 11 is 1.60. The number of aliphatic hydroxyl groups is 1. The number of carbonyl (C=O) groups is 1. The highest BCUT2D eigenvalue weighted by Crippen LogP contribution is 2.29. The maximum absolute atomic E-state index is 13.7. The van der Waals surface area contributed by atoms with Gasteiger partial charge in [0.2, 0.25) is 5.91 Å². The van der Waals surface area contributed by atoms with Crippen molar-refractivity contribution in [3.05, 3.63) is 52.2 Å². The van der Waals surface area contributed by atoms with Crippen molar-refractivity contribution in [2.24, 2.45) is 0 Å². The van der Waals surface area contributed by atoms with Crippen molar-refractivity contribution in [1.29, 1.82) is 0 Å². The predicted octanol–water partition coefficient (Wildman–Crippen LogP) is 2.10. The molecule has 2 aromatic rings. The lowest BCUT2D eigenvalue weighted by Crippen LogP contribution is -2.55. The van der Waals surface area contributed by atoms with Gasteiger partial charge in [-0.3, -0.25) is 9.69 Å². The first-order chi connectivity index (χ1) is 15.1. The van der Waals surface area contributed by atoms with Crippen LogP contribution in [0.3, 0.4) is 0 Å². The lowest BCUT2D eigenvalue weighted by atomic mass is 9.94. The lowest BCUT2D eigenvalue weighted by Gasteiger charge is -2.44. The molecule has 0 radical (unpaired) electrons. The molecule has 2 fully saturated rings. The SMILES string of the molecule is O=C(C[C@H]1CC[C@H]2[C@@H](COC[C@H](O)CN2Cc2nccs2)O1)NCc1ccccc1F. The van der Waals surface area contributed by atoms with Crippen LogP contribution in [0, 0.1) is 5.82 Å². The number of amides is 1. The van der Waals surface area contributed by atoms with Crippen LogP contribution in [0.5, 0.6) is 0 Å². The maximum atomic E-state index is 13.7. The fraction of sp³-hybridized carbons (Fsp3) is 0.545. The summed E-state index contributed by atoms with van der Waals surface area (Å²) in [7, 11) is 0. The number of carbonyl (C=O) groups excluding carboxylic acids is 1. The second-order valence-electron chi connectivity index (χ2n) is 8.06. The molecule has 2 saturated heterocycles. The standard InChI is InChI=1S/C22H28FN3O4S/c23-18-4-2-1-3-15(18)10-25-21(28)9-17-5-6-19-20(30-17)14-29-13-16(27)11-26(19)12-22-24-7-8-31-22/h1-4,7-8,16-17,19-20,27H,5-6,9-14H2,(H,25,28)/t16-,17-,19+,20-/m1/s1. The van der Waals surface area contributed by atoms with E-state index >= 15 is 0 Å². The van der Waals surface area contributed by atoms with Crippen molar-refractivity contribution in [3.8, 4) is 0 Å². The van der Waals surface area contributed by atoms with E-state index in [1.54, 1.807) is 35.7 Å². The van der Waals surface area contributed by atoms with Crippen LogP contribution in [-0.4, -0.2) is 65.0 Å². The number of nitrogens with zero attached hydrogens (tertiary/aromatic N) is 2. The molecule has 2 N–H and O–H groups in total. The van der Waals surface area contributed by atoms with Crippen LogP contribution >= 0.6 is 11.3 Å². The van der Waals surface area contributed by atoms with Crippen LogP contribution < -0.4 is 5.32 Å². The molecule has 168 valence electrons. The zero-order valence-electron chi connectivity index (χ0n) is 17.3. The van der Waals surface area contributed by atoms with E-state index in [4.69, 9.17) is 9.47 Å². The number of halogens is 1. The first kappa shape index (κ1) is 22.3. The third-order valence-electron chi connectivity index (χ3n) is 5.76. The molecule has 0 aliphatic carbocycles. The van der Waals surface area contributed by atoms with Crippen molar-refractivity contribution >= 4 is 17.2 Å². The fourth-order valence-electron chi connectivity index (χ4n) is 4.25. The molecule has 4 atom stereocenters. The number of aliphatic hydroxyl groups excluding tert-OH is 1. The number of fused-ring (bicyclic) bond motifs is 1. The normalized spacial score (nSPS) is 27.2. The number of rotatable bonds is 6. The molecule has 0 spiro atoms.